The molecule has 0 bridgehead atoms. The monoisotopic (exact) mass is 413 g/mol. The van der Waals surface area contributed by atoms with Gasteiger partial charge in [0.05, 0.1) is 16.8 Å². The number of hydrogen-bond acceptors (Lipinski definition) is 5. The predicted octanol–water partition coefficient (Wildman–Crippen LogP) is 3.81. The van der Waals surface area contributed by atoms with Crippen LogP contribution >= 0.6 is 23.1 Å². The van der Waals surface area contributed by atoms with E-state index in [4.69, 9.17) is 4.98 Å². The second-order valence-corrected chi connectivity index (χ2v) is 9.37. The van der Waals surface area contributed by atoms with E-state index in [-0.39, 0.29) is 17.2 Å². The molecule has 2 heterocycles. The average Bonchev–Trinajstić information content (AvgIpc) is 3.04. The maximum atomic E-state index is 13.6. The van der Waals surface area contributed by atoms with Gasteiger partial charge in [0.15, 0.2) is 5.16 Å². The van der Waals surface area contributed by atoms with Gasteiger partial charge in [-0.15, -0.1) is 11.3 Å². The van der Waals surface area contributed by atoms with Crippen LogP contribution in [0, 0.1) is 6.92 Å². The summed E-state index contributed by atoms with van der Waals surface area (Å²) in [5.41, 5.74) is 3.05. The molecule has 0 saturated carbocycles. The van der Waals surface area contributed by atoms with E-state index < -0.39 is 0 Å². The number of fused-ring (bicyclic) bond motifs is 3. The minimum Gasteiger partial charge on any atom is -0.348 e. The number of aromatic nitrogens is 2. The molecule has 28 heavy (non-hydrogen) atoms. The highest BCUT2D eigenvalue weighted by molar-refractivity contribution is 7.99. The first kappa shape index (κ1) is 19.2. The van der Waals surface area contributed by atoms with Crippen LogP contribution in [0.5, 0.6) is 0 Å². The summed E-state index contributed by atoms with van der Waals surface area (Å²) in [6.45, 7) is 2.01. The van der Waals surface area contributed by atoms with Crippen LogP contribution < -0.4 is 5.56 Å². The Morgan fingerprint density at radius 1 is 1.29 bits per heavy atom. The summed E-state index contributed by atoms with van der Waals surface area (Å²) in [6.07, 6.45) is 4.27. The van der Waals surface area contributed by atoms with Crippen molar-refractivity contribution in [2.75, 3.05) is 19.8 Å². The summed E-state index contributed by atoms with van der Waals surface area (Å²) in [5.74, 6) is 0.252. The van der Waals surface area contributed by atoms with Gasteiger partial charge in [0.1, 0.15) is 4.83 Å². The largest absolute Gasteiger partial charge is 0.348 e. The third-order valence-corrected chi connectivity index (χ3v) is 7.15. The van der Waals surface area contributed by atoms with Crippen molar-refractivity contribution in [3.05, 3.63) is 50.6 Å². The molecule has 1 amide bonds. The minimum atomic E-state index is -0.0187. The quantitative estimate of drug-likeness (QED) is 0.482. The number of hydrogen-bond donors (Lipinski definition) is 0. The Morgan fingerprint density at radius 3 is 2.82 bits per heavy atom. The topological polar surface area (TPSA) is 55.2 Å². The second kappa shape index (κ2) is 7.72. The number of carbonyl (C=O) groups is 1. The maximum absolute atomic E-state index is 13.6. The molecule has 5 nitrogen and oxygen atoms in total. The summed E-state index contributed by atoms with van der Waals surface area (Å²) >= 11 is 2.97. The lowest BCUT2D eigenvalue weighted by molar-refractivity contribution is -0.125. The lowest BCUT2D eigenvalue weighted by Crippen LogP contribution is -2.25. The molecule has 1 aromatic carbocycles. The van der Waals surface area contributed by atoms with E-state index in [0.717, 1.165) is 40.7 Å². The van der Waals surface area contributed by atoms with E-state index in [9.17, 15) is 9.59 Å². The standard InChI is InChI=1S/C21H23N3O2S2/c1-13-7-6-8-14(11-13)24-20(26)18-15-9-4-5-10-16(15)28-19(18)22-21(24)27-12-17(25)23(2)3/h6-8,11H,4-5,9-10,12H2,1-3H3. The van der Waals surface area contributed by atoms with Crippen LogP contribution in [-0.4, -0.2) is 40.2 Å². The molecule has 146 valence electrons. The van der Waals surface area contributed by atoms with Crippen molar-refractivity contribution in [1.82, 2.24) is 14.5 Å². The van der Waals surface area contributed by atoms with Gasteiger partial charge in [-0.25, -0.2) is 4.98 Å². The number of thiophene rings is 1. The molecule has 2 aromatic heterocycles. The van der Waals surface area contributed by atoms with Gasteiger partial charge in [-0.2, -0.15) is 0 Å². The lowest BCUT2D eigenvalue weighted by Gasteiger charge is -2.15. The summed E-state index contributed by atoms with van der Waals surface area (Å²) in [5, 5.41) is 1.35. The molecule has 4 rings (SSSR count). The Kier molecular flexibility index (Phi) is 5.29. The van der Waals surface area contributed by atoms with Crippen molar-refractivity contribution in [2.24, 2.45) is 0 Å². The SMILES string of the molecule is Cc1cccc(-n2c(SCC(=O)N(C)C)nc3sc4c(c3c2=O)CCCC4)c1. The van der Waals surface area contributed by atoms with E-state index in [0.29, 0.717) is 5.16 Å². The molecule has 0 atom stereocenters. The molecular weight excluding hydrogens is 390 g/mol. The molecule has 0 fully saturated rings. The summed E-state index contributed by atoms with van der Waals surface area (Å²) in [7, 11) is 3.47. The van der Waals surface area contributed by atoms with Crippen molar-refractivity contribution < 1.29 is 4.79 Å². The number of aryl methyl sites for hydroxylation is 3. The first-order chi connectivity index (χ1) is 13.5. The molecule has 0 saturated heterocycles. The lowest BCUT2D eigenvalue weighted by atomic mass is 9.97. The zero-order chi connectivity index (χ0) is 19.8. The van der Waals surface area contributed by atoms with Crippen LogP contribution in [0.1, 0.15) is 28.8 Å². The number of benzene rings is 1. The molecule has 1 aliphatic carbocycles. The molecule has 0 spiro atoms. The highest BCUT2D eigenvalue weighted by atomic mass is 32.2. The number of nitrogens with zero attached hydrogens (tertiary/aromatic N) is 3. The van der Waals surface area contributed by atoms with Gasteiger partial charge < -0.3 is 4.90 Å². The van der Waals surface area contributed by atoms with Gasteiger partial charge in [-0.3, -0.25) is 14.2 Å². The van der Waals surface area contributed by atoms with Gasteiger partial charge in [0.2, 0.25) is 5.91 Å². The van der Waals surface area contributed by atoms with Crippen molar-refractivity contribution in [3.8, 4) is 5.69 Å². The summed E-state index contributed by atoms with van der Waals surface area (Å²) in [6, 6.07) is 7.88. The Bertz CT molecular complexity index is 1110. The van der Waals surface area contributed by atoms with Gasteiger partial charge in [-0.1, -0.05) is 23.9 Å². The zero-order valence-electron chi connectivity index (χ0n) is 16.3. The maximum Gasteiger partial charge on any atom is 0.267 e. The highest BCUT2D eigenvalue weighted by Crippen LogP contribution is 2.35. The normalized spacial score (nSPS) is 13.5. The van der Waals surface area contributed by atoms with Crippen molar-refractivity contribution in [3.63, 3.8) is 0 Å². The molecule has 1 aliphatic rings. The summed E-state index contributed by atoms with van der Waals surface area (Å²) in [4.78, 5) is 34.2. The van der Waals surface area contributed by atoms with Crippen molar-refractivity contribution in [2.45, 2.75) is 37.8 Å². The van der Waals surface area contributed by atoms with Gasteiger partial charge in [0.25, 0.3) is 5.56 Å². The van der Waals surface area contributed by atoms with Crippen molar-refractivity contribution >= 4 is 39.2 Å². The first-order valence-corrected chi connectivity index (χ1v) is 11.2. The van der Waals surface area contributed by atoms with Crippen molar-refractivity contribution in [1.29, 1.82) is 0 Å². The number of rotatable bonds is 4. The molecule has 0 aliphatic heterocycles. The number of carbonyl (C=O) groups excluding carboxylic acids is 1. The van der Waals surface area contributed by atoms with Gasteiger partial charge >= 0.3 is 0 Å². The molecule has 0 radical (unpaired) electrons. The zero-order valence-corrected chi connectivity index (χ0v) is 18.0. The van der Waals surface area contributed by atoms with E-state index in [1.807, 2.05) is 31.2 Å². The van der Waals surface area contributed by atoms with Crippen LogP contribution in [0.3, 0.4) is 0 Å². The molecule has 0 N–H and O–H groups in total. The fraction of sp³-hybridized carbons (Fsp3) is 0.381. The molecule has 0 unspecified atom stereocenters. The van der Waals surface area contributed by atoms with Gasteiger partial charge in [0, 0.05) is 19.0 Å². The fourth-order valence-electron chi connectivity index (χ4n) is 3.53. The minimum absolute atomic E-state index is 0.000567. The number of thioether (sulfide) groups is 1. The van der Waals surface area contributed by atoms with Gasteiger partial charge in [-0.05, 0) is 55.9 Å². The number of amides is 1. The van der Waals surface area contributed by atoms with Crippen LogP contribution in [0.2, 0.25) is 0 Å². The Balaban J connectivity index is 1.91. The van der Waals surface area contributed by atoms with Crippen LogP contribution in [0.4, 0.5) is 0 Å². The smallest absolute Gasteiger partial charge is 0.267 e. The Labute approximate surface area is 172 Å². The molecule has 7 heteroatoms. The second-order valence-electron chi connectivity index (χ2n) is 7.34. The Morgan fingerprint density at radius 2 is 2.07 bits per heavy atom. The van der Waals surface area contributed by atoms with E-state index in [1.54, 1.807) is 34.9 Å². The molecule has 3 aromatic rings. The van der Waals surface area contributed by atoms with Crippen LogP contribution in [0.25, 0.3) is 15.9 Å². The van der Waals surface area contributed by atoms with E-state index in [2.05, 4.69) is 0 Å². The van der Waals surface area contributed by atoms with Crippen LogP contribution in [0.15, 0.2) is 34.2 Å². The average molecular weight is 414 g/mol. The molecular formula is C21H23N3O2S2. The predicted molar refractivity (Wildman–Crippen MR) is 116 cm³/mol. The third-order valence-electron chi connectivity index (χ3n) is 5.04. The fourth-order valence-corrected chi connectivity index (χ4v) is 5.83. The highest BCUT2D eigenvalue weighted by Gasteiger charge is 2.23. The van der Waals surface area contributed by atoms with E-state index in [1.165, 1.54) is 28.6 Å². The third kappa shape index (κ3) is 3.49. The first-order valence-electron chi connectivity index (χ1n) is 9.43. The van der Waals surface area contributed by atoms with E-state index >= 15 is 0 Å². The summed E-state index contributed by atoms with van der Waals surface area (Å²) < 4.78 is 1.69. The Hall–Kier alpha value is -2.12. The van der Waals surface area contributed by atoms with Crippen LogP contribution in [-0.2, 0) is 17.6 Å².